The molecule has 0 aliphatic rings. The Hall–Kier alpha value is -1.16. The number of hydrogen-bond donors (Lipinski definition) is 1. The van der Waals surface area contributed by atoms with Crippen molar-refractivity contribution in [3.05, 3.63) is 11.6 Å². The summed E-state index contributed by atoms with van der Waals surface area (Å²) in [5, 5.41) is 1.18. The predicted octanol–water partition coefficient (Wildman–Crippen LogP) is 1.40. The highest BCUT2D eigenvalue weighted by atomic mass is 28.1. The smallest absolute Gasteiger partial charge is 0.166 e. The summed E-state index contributed by atoms with van der Waals surface area (Å²) in [5.74, 6) is 1.78. The maximum Gasteiger partial charge on any atom is 0.166 e. The molecule has 0 amide bonds. The molecule has 1 rings (SSSR count). The maximum absolute atomic E-state index is 6.14. The van der Waals surface area contributed by atoms with E-state index in [4.69, 9.17) is 15.2 Å². The van der Waals surface area contributed by atoms with Crippen LogP contribution in [0, 0.1) is 0 Å². The number of nitrogens with two attached hydrogens (primary N) is 1. The Labute approximate surface area is 113 Å². The van der Waals surface area contributed by atoms with E-state index in [1.807, 2.05) is 19.9 Å². The van der Waals surface area contributed by atoms with Crippen molar-refractivity contribution in [3.63, 3.8) is 0 Å². The number of unbranched alkanes of at least 4 members (excludes halogenated alkanes) is 1. The zero-order valence-electron chi connectivity index (χ0n) is 12.0. The molecule has 0 fully saturated rings. The molecule has 4 heteroatoms. The molecule has 18 heavy (non-hydrogen) atoms. The van der Waals surface area contributed by atoms with Crippen LogP contribution in [0.15, 0.2) is 6.07 Å². The maximum atomic E-state index is 6.14. The Morgan fingerprint density at radius 3 is 2.28 bits per heavy atom. The van der Waals surface area contributed by atoms with E-state index >= 15 is 0 Å². The van der Waals surface area contributed by atoms with Crippen molar-refractivity contribution in [3.8, 4) is 11.5 Å². The van der Waals surface area contributed by atoms with E-state index in [1.54, 1.807) is 0 Å². The molecule has 0 aromatic heterocycles. The number of hydrogen-bond acceptors (Lipinski definition) is 3. The van der Waals surface area contributed by atoms with E-state index in [9.17, 15) is 0 Å². The SMILES string of the molecule is CCCCc1c(N)cc([SiH3])c(OCC)c1OCC. The van der Waals surface area contributed by atoms with Crippen LogP contribution in [0.5, 0.6) is 11.5 Å². The van der Waals surface area contributed by atoms with Crippen molar-refractivity contribution in [2.75, 3.05) is 18.9 Å². The first-order valence-corrected chi connectivity index (χ1v) is 7.83. The zero-order chi connectivity index (χ0) is 13.5. The summed E-state index contributed by atoms with van der Waals surface area (Å²) in [6, 6.07) is 2.05. The van der Waals surface area contributed by atoms with Crippen LogP contribution in [0.3, 0.4) is 0 Å². The zero-order valence-corrected chi connectivity index (χ0v) is 14.0. The van der Waals surface area contributed by atoms with Crippen LogP contribution in [-0.4, -0.2) is 23.5 Å². The molecule has 0 spiro atoms. The van der Waals surface area contributed by atoms with E-state index in [0.29, 0.717) is 13.2 Å². The molecule has 0 aliphatic carbocycles. The van der Waals surface area contributed by atoms with Crippen molar-refractivity contribution in [2.45, 2.75) is 40.0 Å². The standard InChI is InChI=1S/C14H25NO2Si/c1-4-7-8-10-11(15)9-12(18)14(17-6-3)13(10)16-5-2/h9H,4-8,15H2,1-3,18H3. The Morgan fingerprint density at radius 1 is 1.11 bits per heavy atom. The fourth-order valence-corrected chi connectivity index (χ4v) is 2.75. The van der Waals surface area contributed by atoms with Gasteiger partial charge >= 0.3 is 0 Å². The van der Waals surface area contributed by atoms with Gasteiger partial charge in [0.2, 0.25) is 0 Å². The number of nitrogen functional groups attached to an aromatic ring is 1. The lowest BCUT2D eigenvalue weighted by molar-refractivity contribution is 0.287. The fourth-order valence-electron chi connectivity index (χ4n) is 2.07. The second kappa shape index (κ2) is 7.31. The Balaban J connectivity index is 3.23. The first kappa shape index (κ1) is 14.9. The second-order valence-corrected chi connectivity index (χ2v) is 5.47. The third kappa shape index (κ3) is 3.42. The minimum atomic E-state index is 0.643. The van der Waals surface area contributed by atoms with Gasteiger partial charge in [-0.2, -0.15) is 0 Å². The molecule has 0 saturated heterocycles. The van der Waals surface area contributed by atoms with Gasteiger partial charge in [-0.25, -0.2) is 0 Å². The summed E-state index contributed by atoms with van der Waals surface area (Å²) in [6.45, 7) is 7.48. The summed E-state index contributed by atoms with van der Waals surface area (Å²) >= 11 is 0. The van der Waals surface area contributed by atoms with Crippen LogP contribution in [-0.2, 0) is 6.42 Å². The average molecular weight is 267 g/mol. The molecule has 1 aromatic rings. The summed E-state index contributed by atoms with van der Waals surface area (Å²) in [7, 11) is 0.912. The molecule has 0 aliphatic heterocycles. The third-order valence-electron chi connectivity index (χ3n) is 2.92. The van der Waals surface area contributed by atoms with Crippen LogP contribution < -0.4 is 20.4 Å². The van der Waals surface area contributed by atoms with E-state index in [1.165, 1.54) is 5.19 Å². The predicted molar refractivity (Wildman–Crippen MR) is 81.4 cm³/mol. The van der Waals surface area contributed by atoms with Gasteiger partial charge in [-0.1, -0.05) is 13.3 Å². The van der Waals surface area contributed by atoms with Crippen molar-refractivity contribution in [1.29, 1.82) is 0 Å². The van der Waals surface area contributed by atoms with Crippen molar-refractivity contribution < 1.29 is 9.47 Å². The number of rotatable bonds is 7. The molecule has 1 aromatic carbocycles. The van der Waals surface area contributed by atoms with Crippen molar-refractivity contribution in [1.82, 2.24) is 0 Å². The topological polar surface area (TPSA) is 44.5 Å². The van der Waals surface area contributed by atoms with Gasteiger partial charge in [0.05, 0.1) is 13.2 Å². The van der Waals surface area contributed by atoms with E-state index in [-0.39, 0.29) is 0 Å². The summed E-state index contributed by atoms with van der Waals surface area (Å²) < 4.78 is 11.5. The quantitative estimate of drug-likeness (QED) is 0.600. The van der Waals surface area contributed by atoms with Gasteiger partial charge in [0.25, 0.3) is 0 Å². The Bertz CT molecular complexity index is 394. The van der Waals surface area contributed by atoms with Gasteiger partial charge in [0, 0.05) is 21.5 Å². The van der Waals surface area contributed by atoms with Crippen LogP contribution in [0.4, 0.5) is 5.69 Å². The summed E-state index contributed by atoms with van der Waals surface area (Å²) in [5.41, 5.74) is 8.11. The minimum absolute atomic E-state index is 0.643. The highest BCUT2D eigenvalue weighted by Crippen LogP contribution is 2.34. The minimum Gasteiger partial charge on any atom is -0.490 e. The van der Waals surface area contributed by atoms with E-state index in [2.05, 4.69) is 6.92 Å². The van der Waals surface area contributed by atoms with Gasteiger partial charge < -0.3 is 15.2 Å². The highest BCUT2D eigenvalue weighted by Gasteiger charge is 2.16. The largest absolute Gasteiger partial charge is 0.490 e. The summed E-state index contributed by atoms with van der Waals surface area (Å²) in [4.78, 5) is 0. The third-order valence-corrected chi connectivity index (χ3v) is 3.66. The molecule has 102 valence electrons. The highest BCUT2D eigenvalue weighted by molar-refractivity contribution is 6.35. The van der Waals surface area contributed by atoms with Gasteiger partial charge in [0.15, 0.2) is 11.5 Å². The first-order valence-electron chi connectivity index (χ1n) is 6.83. The lowest BCUT2D eigenvalue weighted by Crippen LogP contribution is -2.15. The van der Waals surface area contributed by atoms with Crippen LogP contribution in [0.1, 0.15) is 39.2 Å². The molecule has 0 atom stereocenters. The number of anilines is 1. The van der Waals surface area contributed by atoms with Gasteiger partial charge in [-0.05, 0) is 37.9 Å². The van der Waals surface area contributed by atoms with Crippen molar-refractivity contribution >= 4 is 21.1 Å². The average Bonchev–Trinajstić information content (AvgIpc) is 2.33. The molecule has 0 saturated carbocycles. The van der Waals surface area contributed by atoms with Crippen LogP contribution in [0.2, 0.25) is 0 Å². The second-order valence-electron chi connectivity index (χ2n) is 4.39. The number of ether oxygens (including phenoxy) is 2. The van der Waals surface area contributed by atoms with Crippen LogP contribution in [0.25, 0.3) is 0 Å². The Morgan fingerprint density at radius 2 is 1.72 bits per heavy atom. The van der Waals surface area contributed by atoms with Crippen LogP contribution >= 0.6 is 0 Å². The fraction of sp³-hybridized carbons (Fsp3) is 0.571. The molecule has 3 nitrogen and oxygen atoms in total. The monoisotopic (exact) mass is 267 g/mol. The Kier molecular flexibility index (Phi) is 6.05. The molecule has 0 bridgehead atoms. The lowest BCUT2D eigenvalue weighted by Gasteiger charge is -2.19. The van der Waals surface area contributed by atoms with Gasteiger partial charge in [-0.15, -0.1) is 0 Å². The van der Waals surface area contributed by atoms with Gasteiger partial charge in [-0.3, -0.25) is 0 Å². The van der Waals surface area contributed by atoms with E-state index in [0.717, 1.165) is 52.3 Å². The molecule has 2 N–H and O–H groups in total. The molecular weight excluding hydrogens is 242 g/mol. The van der Waals surface area contributed by atoms with Crippen molar-refractivity contribution in [2.24, 2.45) is 0 Å². The lowest BCUT2D eigenvalue weighted by atomic mass is 10.0. The first-order chi connectivity index (χ1) is 8.65. The molecule has 0 heterocycles. The molecular formula is C14H25NO2Si. The molecule has 0 radical (unpaired) electrons. The number of benzene rings is 1. The van der Waals surface area contributed by atoms with Gasteiger partial charge in [0.1, 0.15) is 0 Å². The summed E-state index contributed by atoms with van der Waals surface area (Å²) in [6.07, 6.45) is 3.23. The van der Waals surface area contributed by atoms with E-state index < -0.39 is 0 Å². The normalized spacial score (nSPS) is 10.6. The molecule has 0 unspecified atom stereocenters.